The Kier molecular flexibility index (Phi) is 13.4. The van der Waals surface area contributed by atoms with Gasteiger partial charge in [0.2, 0.25) is 0 Å². The summed E-state index contributed by atoms with van der Waals surface area (Å²) < 4.78 is 5.71. The fourth-order valence-corrected chi connectivity index (χ4v) is 2.94. The number of para-hydroxylation sites is 1. The van der Waals surface area contributed by atoms with Gasteiger partial charge in [0.15, 0.2) is 5.96 Å². The van der Waals surface area contributed by atoms with Gasteiger partial charge in [-0.05, 0) is 57.0 Å². The summed E-state index contributed by atoms with van der Waals surface area (Å²) in [6, 6.07) is 17.5. The summed E-state index contributed by atoms with van der Waals surface area (Å²) in [5, 5.41) is 6.59. The van der Waals surface area contributed by atoms with Crippen LogP contribution in [0.4, 0.5) is 0 Å². The number of hydrogen-bond donors (Lipinski definition) is 2. The number of aliphatic imine (C=N–C) groups is 1. The number of nitrogens with one attached hydrogen (secondary N) is 2. The highest BCUT2D eigenvalue weighted by Gasteiger charge is 2.11. The Labute approximate surface area is 203 Å². The van der Waals surface area contributed by atoms with Gasteiger partial charge in [0.25, 0.3) is 5.91 Å². The molecule has 2 aromatic carbocycles. The Balaban J connectivity index is 0.00000480. The maximum absolute atomic E-state index is 12.4. The second-order valence-electron chi connectivity index (χ2n) is 6.81. The minimum Gasteiger partial charge on any atom is -0.494 e. The number of nitrogens with zero attached hydrogens (tertiary/aromatic N) is 2. The van der Waals surface area contributed by atoms with Crippen LogP contribution >= 0.6 is 24.0 Å². The number of amides is 1. The summed E-state index contributed by atoms with van der Waals surface area (Å²) in [5.41, 5.74) is 1.78. The lowest BCUT2D eigenvalue weighted by Crippen LogP contribution is -2.38. The van der Waals surface area contributed by atoms with Gasteiger partial charge >= 0.3 is 0 Å². The van der Waals surface area contributed by atoms with Crippen molar-refractivity contribution in [2.45, 2.75) is 33.7 Å². The van der Waals surface area contributed by atoms with Crippen molar-refractivity contribution < 1.29 is 9.53 Å². The van der Waals surface area contributed by atoms with Crippen LogP contribution in [-0.2, 0) is 6.54 Å². The highest BCUT2D eigenvalue weighted by Crippen LogP contribution is 2.09. The first-order valence-electron chi connectivity index (χ1n) is 10.8. The SMILES string of the molecule is CCNC(=NCc1ccc(C(=O)N(CC)CC)cc1)NCCCOc1ccccc1.I. The minimum absolute atomic E-state index is 0. The van der Waals surface area contributed by atoms with Gasteiger partial charge in [-0.1, -0.05) is 30.3 Å². The molecule has 0 heterocycles. The summed E-state index contributed by atoms with van der Waals surface area (Å²) in [6.45, 7) is 10.2. The van der Waals surface area contributed by atoms with E-state index in [1.807, 2.05) is 80.3 Å². The fraction of sp³-hybridized carbons (Fsp3) is 0.417. The van der Waals surface area contributed by atoms with Crippen LogP contribution in [-0.4, -0.2) is 49.6 Å². The van der Waals surface area contributed by atoms with Crippen LogP contribution in [0.1, 0.15) is 43.1 Å². The fourth-order valence-electron chi connectivity index (χ4n) is 2.94. The van der Waals surface area contributed by atoms with Gasteiger partial charge in [0.1, 0.15) is 5.75 Å². The molecule has 0 saturated carbocycles. The Morgan fingerprint density at radius 2 is 1.65 bits per heavy atom. The molecule has 0 aliphatic rings. The normalized spacial score (nSPS) is 10.7. The molecule has 31 heavy (non-hydrogen) atoms. The summed E-state index contributed by atoms with van der Waals surface area (Å²) in [4.78, 5) is 18.9. The number of rotatable bonds is 11. The monoisotopic (exact) mass is 538 g/mol. The number of guanidine groups is 1. The van der Waals surface area contributed by atoms with Crippen LogP contribution < -0.4 is 15.4 Å². The van der Waals surface area contributed by atoms with Crippen molar-refractivity contribution in [3.05, 3.63) is 65.7 Å². The molecular weight excluding hydrogens is 503 g/mol. The zero-order valence-electron chi connectivity index (χ0n) is 18.8. The van der Waals surface area contributed by atoms with E-state index in [4.69, 9.17) is 4.74 Å². The average molecular weight is 538 g/mol. The van der Waals surface area contributed by atoms with Crippen molar-refractivity contribution in [2.24, 2.45) is 4.99 Å². The van der Waals surface area contributed by atoms with E-state index in [1.54, 1.807) is 0 Å². The quantitative estimate of drug-likeness (QED) is 0.194. The zero-order valence-corrected chi connectivity index (χ0v) is 21.1. The number of halogens is 1. The van der Waals surface area contributed by atoms with E-state index in [1.165, 1.54) is 0 Å². The summed E-state index contributed by atoms with van der Waals surface area (Å²) in [6.07, 6.45) is 0.876. The molecule has 0 unspecified atom stereocenters. The molecule has 2 rings (SSSR count). The molecule has 1 amide bonds. The van der Waals surface area contributed by atoms with E-state index in [0.717, 1.165) is 55.4 Å². The Hall–Kier alpha value is -2.29. The summed E-state index contributed by atoms with van der Waals surface area (Å²) >= 11 is 0. The standard InChI is InChI=1S/C24H34N4O2.HI/c1-4-25-24(26-17-10-18-30-22-11-8-7-9-12-22)27-19-20-13-15-21(16-14-20)23(29)28(5-2)6-3;/h7-9,11-16H,4-6,10,17-19H2,1-3H3,(H2,25,26,27);1H. The van der Waals surface area contributed by atoms with E-state index in [2.05, 4.69) is 15.6 Å². The van der Waals surface area contributed by atoms with E-state index in [9.17, 15) is 4.79 Å². The Bertz CT molecular complexity index is 778. The van der Waals surface area contributed by atoms with Gasteiger partial charge in [-0.3, -0.25) is 4.79 Å². The molecule has 0 saturated heterocycles. The minimum atomic E-state index is 0. The third kappa shape index (κ3) is 9.59. The van der Waals surface area contributed by atoms with Crippen LogP contribution in [0.5, 0.6) is 5.75 Å². The molecule has 6 nitrogen and oxygen atoms in total. The lowest BCUT2D eigenvalue weighted by Gasteiger charge is -2.18. The van der Waals surface area contributed by atoms with E-state index >= 15 is 0 Å². The molecule has 0 aliphatic carbocycles. The van der Waals surface area contributed by atoms with Crippen LogP contribution in [0.15, 0.2) is 59.6 Å². The van der Waals surface area contributed by atoms with Crippen LogP contribution in [0, 0.1) is 0 Å². The van der Waals surface area contributed by atoms with Crippen molar-refractivity contribution >= 4 is 35.8 Å². The number of hydrogen-bond acceptors (Lipinski definition) is 3. The van der Waals surface area contributed by atoms with Crippen molar-refractivity contribution in [1.82, 2.24) is 15.5 Å². The molecule has 2 N–H and O–H groups in total. The molecule has 0 bridgehead atoms. The van der Waals surface area contributed by atoms with Crippen molar-refractivity contribution in [3.63, 3.8) is 0 Å². The molecule has 7 heteroatoms. The predicted molar refractivity (Wildman–Crippen MR) is 138 cm³/mol. The van der Waals surface area contributed by atoms with E-state index in [0.29, 0.717) is 13.2 Å². The first-order valence-corrected chi connectivity index (χ1v) is 10.8. The first-order chi connectivity index (χ1) is 14.7. The molecule has 0 aliphatic heterocycles. The molecular formula is C24H35IN4O2. The molecule has 0 aromatic heterocycles. The second kappa shape index (κ2) is 15.5. The highest BCUT2D eigenvalue weighted by atomic mass is 127. The highest BCUT2D eigenvalue weighted by molar-refractivity contribution is 14.0. The van der Waals surface area contributed by atoms with Crippen molar-refractivity contribution in [3.8, 4) is 5.75 Å². The smallest absolute Gasteiger partial charge is 0.253 e. The third-order valence-electron chi connectivity index (χ3n) is 4.64. The lowest BCUT2D eigenvalue weighted by molar-refractivity contribution is 0.0773. The van der Waals surface area contributed by atoms with Gasteiger partial charge in [-0.15, -0.1) is 24.0 Å². The van der Waals surface area contributed by atoms with Crippen molar-refractivity contribution in [1.29, 1.82) is 0 Å². The third-order valence-corrected chi connectivity index (χ3v) is 4.64. The molecule has 2 aromatic rings. The van der Waals surface area contributed by atoms with Gasteiger partial charge < -0.3 is 20.3 Å². The molecule has 0 fully saturated rings. The maximum atomic E-state index is 12.4. The maximum Gasteiger partial charge on any atom is 0.253 e. The number of carbonyl (C=O) groups excluding carboxylic acids is 1. The van der Waals surface area contributed by atoms with E-state index < -0.39 is 0 Å². The molecule has 0 radical (unpaired) electrons. The van der Waals surface area contributed by atoms with Crippen LogP contribution in [0.25, 0.3) is 0 Å². The van der Waals surface area contributed by atoms with Gasteiger partial charge in [0.05, 0.1) is 13.2 Å². The topological polar surface area (TPSA) is 66.0 Å². The molecule has 0 atom stereocenters. The second-order valence-corrected chi connectivity index (χ2v) is 6.81. The largest absolute Gasteiger partial charge is 0.494 e. The predicted octanol–water partition coefficient (Wildman–Crippen LogP) is 4.31. The molecule has 170 valence electrons. The molecule has 0 spiro atoms. The average Bonchev–Trinajstić information content (AvgIpc) is 2.79. The van der Waals surface area contributed by atoms with Gasteiger partial charge in [-0.25, -0.2) is 4.99 Å². The van der Waals surface area contributed by atoms with Crippen LogP contribution in [0.2, 0.25) is 0 Å². The lowest BCUT2D eigenvalue weighted by atomic mass is 10.1. The van der Waals surface area contributed by atoms with E-state index in [-0.39, 0.29) is 29.9 Å². The summed E-state index contributed by atoms with van der Waals surface area (Å²) in [5.74, 6) is 1.74. The zero-order chi connectivity index (χ0) is 21.6. The first kappa shape index (κ1) is 26.7. The number of ether oxygens (including phenoxy) is 1. The number of carbonyl (C=O) groups is 1. The number of benzene rings is 2. The van der Waals surface area contributed by atoms with Gasteiger partial charge in [0, 0.05) is 31.7 Å². The van der Waals surface area contributed by atoms with Crippen LogP contribution in [0.3, 0.4) is 0 Å². The Morgan fingerprint density at radius 1 is 0.968 bits per heavy atom. The summed E-state index contributed by atoms with van der Waals surface area (Å²) in [7, 11) is 0. The van der Waals surface area contributed by atoms with Gasteiger partial charge in [-0.2, -0.15) is 0 Å². The van der Waals surface area contributed by atoms with Crippen molar-refractivity contribution in [2.75, 3.05) is 32.8 Å². The Morgan fingerprint density at radius 3 is 2.26 bits per heavy atom.